The summed E-state index contributed by atoms with van der Waals surface area (Å²) in [6, 6.07) is 8.49. The molecule has 47 heavy (non-hydrogen) atoms. The zero-order chi connectivity index (χ0) is 34.1. The van der Waals surface area contributed by atoms with E-state index in [0.29, 0.717) is 47.3 Å². The van der Waals surface area contributed by atoms with Crippen LogP contribution in [-0.2, 0) is 39.7 Å². The Hall–Kier alpha value is -4.98. The quantitative estimate of drug-likeness (QED) is 0.194. The second-order valence-electron chi connectivity index (χ2n) is 12.4. The van der Waals surface area contributed by atoms with Crippen LogP contribution in [0, 0.1) is 6.92 Å². The van der Waals surface area contributed by atoms with Gasteiger partial charge in [0, 0.05) is 79.0 Å². The van der Waals surface area contributed by atoms with Gasteiger partial charge in [-0.3, -0.25) is 14.2 Å². The molecular formula is C33H39N7O6S. The number of carbonyl (C=O) groups is 2. The molecule has 0 spiro atoms. The van der Waals surface area contributed by atoms with E-state index < -0.39 is 27.7 Å². The van der Waals surface area contributed by atoms with Crippen LogP contribution in [0.1, 0.15) is 51.8 Å². The molecule has 4 aromatic heterocycles. The number of hydrogen-bond acceptors (Lipinski definition) is 8. The summed E-state index contributed by atoms with van der Waals surface area (Å²) in [5.41, 5.74) is 3.78. The van der Waals surface area contributed by atoms with Crippen LogP contribution in [0.2, 0.25) is 0 Å². The van der Waals surface area contributed by atoms with E-state index >= 15 is 0 Å². The Bertz CT molecular complexity index is 2040. The summed E-state index contributed by atoms with van der Waals surface area (Å²) in [6.45, 7) is 10.2. The number of benzene rings is 1. The lowest BCUT2D eigenvalue weighted by Gasteiger charge is -2.26. The molecule has 0 fully saturated rings. The largest absolute Gasteiger partial charge is 0.481 e. The smallest absolute Gasteiger partial charge is 0.410 e. The highest BCUT2D eigenvalue weighted by Crippen LogP contribution is 2.35. The number of rotatable bonds is 11. The second kappa shape index (κ2) is 13.0. The van der Waals surface area contributed by atoms with E-state index in [1.165, 1.54) is 3.97 Å². The summed E-state index contributed by atoms with van der Waals surface area (Å²) in [7, 11) is -2.24. The monoisotopic (exact) mass is 661 g/mol. The van der Waals surface area contributed by atoms with E-state index in [0.717, 1.165) is 11.1 Å². The van der Waals surface area contributed by atoms with Gasteiger partial charge in [-0.25, -0.2) is 22.2 Å². The molecule has 0 atom stereocenters. The molecule has 5 aromatic rings. The number of carboxylic acids is 1. The van der Waals surface area contributed by atoms with Gasteiger partial charge in [-0.05, 0) is 59.2 Å². The maximum atomic E-state index is 13.9. The number of ether oxygens (including phenoxy) is 1. The number of aryl methyl sites for hydroxylation is 3. The lowest BCUT2D eigenvalue weighted by Crippen LogP contribution is -2.36. The van der Waals surface area contributed by atoms with E-state index in [4.69, 9.17) is 9.84 Å². The van der Waals surface area contributed by atoms with Gasteiger partial charge >= 0.3 is 12.1 Å². The third kappa shape index (κ3) is 7.38. The number of fused-ring (bicyclic) bond motifs is 1. The number of hydrogen-bond donors (Lipinski definition) is 1. The Morgan fingerprint density at radius 2 is 1.74 bits per heavy atom. The van der Waals surface area contributed by atoms with Crippen LogP contribution in [0.4, 0.5) is 4.79 Å². The fourth-order valence-corrected chi connectivity index (χ4v) is 6.51. The highest BCUT2D eigenvalue weighted by Gasteiger charge is 2.26. The summed E-state index contributed by atoms with van der Waals surface area (Å²) in [5, 5.41) is 18.6. The van der Waals surface area contributed by atoms with Gasteiger partial charge in [0.1, 0.15) is 5.60 Å². The van der Waals surface area contributed by atoms with Crippen molar-refractivity contribution >= 4 is 33.1 Å². The van der Waals surface area contributed by atoms with Gasteiger partial charge in [0.15, 0.2) is 5.65 Å². The van der Waals surface area contributed by atoms with Crippen LogP contribution in [-0.4, -0.2) is 71.1 Å². The van der Waals surface area contributed by atoms with Crippen LogP contribution in [0.25, 0.3) is 33.3 Å². The highest BCUT2D eigenvalue weighted by molar-refractivity contribution is 7.90. The summed E-state index contributed by atoms with van der Waals surface area (Å²) >= 11 is 0. The van der Waals surface area contributed by atoms with Crippen molar-refractivity contribution in [2.75, 3.05) is 6.54 Å². The highest BCUT2D eigenvalue weighted by atomic mass is 32.2. The molecule has 0 aliphatic carbocycles. The molecule has 0 aliphatic rings. The zero-order valence-corrected chi connectivity index (χ0v) is 28.2. The van der Waals surface area contributed by atoms with Gasteiger partial charge in [0.2, 0.25) is 0 Å². The Labute approximate surface area is 273 Å². The van der Waals surface area contributed by atoms with Crippen LogP contribution in [0.5, 0.6) is 0 Å². The van der Waals surface area contributed by atoms with Crippen molar-refractivity contribution in [3.8, 4) is 22.3 Å². The average molecular weight is 662 g/mol. The fraction of sp³-hybridized carbons (Fsp3) is 0.364. The minimum absolute atomic E-state index is 0.00735. The predicted octanol–water partition coefficient (Wildman–Crippen LogP) is 5.47. The van der Waals surface area contributed by atoms with Gasteiger partial charge in [-0.1, -0.05) is 17.7 Å². The van der Waals surface area contributed by atoms with Gasteiger partial charge in [-0.2, -0.15) is 10.2 Å². The topological polar surface area (TPSA) is 154 Å². The zero-order valence-electron chi connectivity index (χ0n) is 27.3. The Kier molecular flexibility index (Phi) is 9.25. The first-order chi connectivity index (χ1) is 22.2. The summed E-state index contributed by atoms with van der Waals surface area (Å²) in [6.07, 6.45) is 8.32. The van der Waals surface area contributed by atoms with Crippen molar-refractivity contribution in [2.45, 2.75) is 71.0 Å². The normalized spacial score (nSPS) is 12.0. The van der Waals surface area contributed by atoms with E-state index in [1.807, 2.05) is 46.9 Å². The minimum atomic E-state index is -4.02. The average Bonchev–Trinajstić information content (AvgIpc) is 3.71. The molecule has 0 saturated carbocycles. The van der Waals surface area contributed by atoms with E-state index in [2.05, 4.69) is 15.2 Å². The molecule has 1 amide bonds. The predicted molar refractivity (Wildman–Crippen MR) is 176 cm³/mol. The van der Waals surface area contributed by atoms with E-state index in [9.17, 15) is 18.0 Å². The third-order valence-corrected chi connectivity index (χ3v) is 9.17. The van der Waals surface area contributed by atoms with Crippen molar-refractivity contribution in [1.82, 2.24) is 33.4 Å². The van der Waals surface area contributed by atoms with E-state index in [1.54, 1.807) is 70.4 Å². The van der Waals surface area contributed by atoms with Crippen LogP contribution in [0.15, 0.2) is 66.2 Å². The van der Waals surface area contributed by atoms with Crippen LogP contribution >= 0.6 is 0 Å². The maximum Gasteiger partial charge on any atom is 0.410 e. The first-order valence-electron chi connectivity index (χ1n) is 15.2. The Balaban J connectivity index is 1.61. The van der Waals surface area contributed by atoms with Gasteiger partial charge in [-0.15, -0.1) is 0 Å². The van der Waals surface area contributed by atoms with Crippen molar-refractivity contribution in [3.63, 3.8) is 0 Å². The number of nitrogens with zero attached hydrogens (tertiary/aromatic N) is 7. The molecule has 1 aromatic carbocycles. The lowest BCUT2D eigenvalue weighted by molar-refractivity contribution is -0.137. The number of pyridine rings is 1. The van der Waals surface area contributed by atoms with Crippen LogP contribution in [0.3, 0.4) is 0 Å². The number of amides is 1. The molecule has 4 heterocycles. The number of carbonyl (C=O) groups excluding carboxylic acids is 1. The van der Waals surface area contributed by atoms with Crippen molar-refractivity contribution < 1.29 is 27.9 Å². The van der Waals surface area contributed by atoms with Gasteiger partial charge in [0.05, 0.1) is 23.3 Å². The van der Waals surface area contributed by atoms with Crippen molar-refractivity contribution in [1.29, 1.82) is 0 Å². The number of aliphatic carboxylic acids is 1. The first kappa shape index (κ1) is 33.4. The molecule has 14 heteroatoms. The van der Waals surface area contributed by atoms with Gasteiger partial charge < -0.3 is 14.7 Å². The first-order valence-corrected chi connectivity index (χ1v) is 16.7. The standard InChI is InChI=1S/C33H39N7O6S/c1-7-38(32(43)46-33(3,4)5)21-29-28(19-37(6)36-29)23-15-26-27(24-17-35-39(18-24)14-8-9-30(41)42)20-40(31(26)34-16-23)47(44,45)25-12-10-22(2)11-13-25/h10-13,15-20H,7-9,14,21H2,1-6H3,(H,41,42). The molecule has 0 aliphatic heterocycles. The minimum Gasteiger partial charge on any atom is -0.481 e. The third-order valence-electron chi connectivity index (χ3n) is 7.50. The SMILES string of the molecule is CCN(Cc1nn(C)cc1-c1cnc2c(c1)c(-c1cnn(CCCC(=O)O)c1)cn2S(=O)(=O)c1ccc(C)cc1)C(=O)OC(C)(C)C. The number of aromatic nitrogens is 6. The summed E-state index contributed by atoms with van der Waals surface area (Å²) in [5.74, 6) is -0.886. The maximum absolute atomic E-state index is 13.9. The summed E-state index contributed by atoms with van der Waals surface area (Å²) in [4.78, 5) is 30.3. The molecule has 248 valence electrons. The Morgan fingerprint density at radius 1 is 1.02 bits per heavy atom. The molecular weight excluding hydrogens is 622 g/mol. The summed E-state index contributed by atoms with van der Waals surface area (Å²) < 4.78 is 37.9. The second-order valence-corrected chi connectivity index (χ2v) is 14.2. The molecule has 0 unspecified atom stereocenters. The lowest BCUT2D eigenvalue weighted by atomic mass is 10.0. The molecule has 0 bridgehead atoms. The number of carboxylic acid groups (broad SMARTS) is 1. The Morgan fingerprint density at radius 3 is 2.40 bits per heavy atom. The van der Waals surface area contributed by atoms with E-state index in [-0.39, 0.29) is 23.5 Å². The van der Waals surface area contributed by atoms with Crippen molar-refractivity contribution in [3.05, 3.63) is 72.6 Å². The molecule has 13 nitrogen and oxygen atoms in total. The fourth-order valence-electron chi connectivity index (χ4n) is 5.19. The van der Waals surface area contributed by atoms with Gasteiger partial charge in [0.25, 0.3) is 10.0 Å². The van der Waals surface area contributed by atoms with Crippen LogP contribution < -0.4 is 0 Å². The molecule has 5 rings (SSSR count). The van der Waals surface area contributed by atoms with Crippen molar-refractivity contribution in [2.24, 2.45) is 7.05 Å². The molecule has 1 N–H and O–H groups in total. The molecule has 0 saturated heterocycles. The molecule has 0 radical (unpaired) electrons.